The fourth-order valence-electron chi connectivity index (χ4n) is 1.68. The minimum absolute atomic E-state index is 0.235. The summed E-state index contributed by atoms with van der Waals surface area (Å²) in [7, 11) is 1.68. The molecule has 3 atom stereocenters. The van der Waals surface area contributed by atoms with Gasteiger partial charge in [0, 0.05) is 20.1 Å². The van der Waals surface area contributed by atoms with Crippen molar-refractivity contribution in [3.8, 4) is 0 Å². The second-order valence-corrected chi connectivity index (χ2v) is 5.36. The zero-order chi connectivity index (χ0) is 13.0. The van der Waals surface area contributed by atoms with Gasteiger partial charge in [-0.3, -0.25) is 0 Å². The summed E-state index contributed by atoms with van der Waals surface area (Å²) in [4.78, 5) is 0. The van der Waals surface area contributed by atoms with Crippen LogP contribution in [0.4, 0.5) is 0 Å². The molecule has 0 fully saturated rings. The molecule has 4 heteroatoms. The Morgan fingerprint density at radius 3 is 2.06 bits per heavy atom. The first-order valence-electron chi connectivity index (χ1n) is 5.77. The third-order valence-electron chi connectivity index (χ3n) is 2.93. The molecule has 4 nitrogen and oxygen atoms in total. The molecule has 0 saturated heterocycles. The maximum Gasteiger partial charge on any atom is 0.0811 e. The van der Waals surface area contributed by atoms with Crippen LogP contribution in [0.3, 0.4) is 0 Å². The van der Waals surface area contributed by atoms with Crippen LogP contribution < -0.4 is 5.73 Å². The van der Waals surface area contributed by atoms with E-state index in [4.69, 9.17) is 15.2 Å². The Morgan fingerprint density at radius 1 is 1.25 bits per heavy atom. The van der Waals surface area contributed by atoms with E-state index in [1.54, 1.807) is 14.0 Å². The van der Waals surface area contributed by atoms with Crippen molar-refractivity contribution in [2.45, 2.75) is 64.4 Å². The lowest BCUT2D eigenvalue weighted by Crippen LogP contribution is -2.47. The van der Waals surface area contributed by atoms with Gasteiger partial charge in [0.15, 0.2) is 0 Å². The third-order valence-corrected chi connectivity index (χ3v) is 2.93. The van der Waals surface area contributed by atoms with Crippen molar-refractivity contribution in [3.63, 3.8) is 0 Å². The van der Waals surface area contributed by atoms with Gasteiger partial charge in [0.2, 0.25) is 0 Å². The molecule has 3 unspecified atom stereocenters. The fourth-order valence-corrected chi connectivity index (χ4v) is 1.68. The van der Waals surface area contributed by atoms with E-state index in [9.17, 15) is 5.11 Å². The van der Waals surface area contributed by atoms with E-state index in [-0.39, 0.29) is 11.7 Å². The molecular weight excluding hydrogens is 206 g/mol. The highest BCUT2D eigenvalue weighted by Crippen LogP contribution is 2.27. The Morgan fingerprint density at radius 2 is 1.75 bits per heavy atom. The minimum atomic E-state index is -0.503. The summed E-state index contributed by atoms with van der Waals surface area (Å²) in [5.41, 5.74) is 4.99. The van der Waals surface area contributed by atoms with Gasteiger partial charge in [-0.15, -0.1) is 0 Å². The number of nitrogens with two attached hydrogens (primary N) is 1. The van der Waals surface area contributed by atoms with Crippen LogP contribution in [0.1, 0.15) is 41.0 Å². The van der Waals surface area contributed by atoms with Gasteiger partial charge in [0.05, 0.1) is 23.4 Å². The molecule has 0 aromatic heterocycles. The van der Waals surface area contributed by atoms with E-state index in [0.29, 0.717) is 13.0 Å². The SMILES string of the molecule is COC(C)(C)CC(C)(CN)OC(C)C(C)O. The van der Waals surface area contributed by atoms with Crippen LogP contribution in [0.25, 0.3) is 0 Å². The summed E-state index contributed by atoms with van der Waals surface area (Å²) >= 11 is 0. The monoisotopic (exact) mass is 233 g/mol. The number of rotatable bonds is 7. The quantitative estimate of drug-likeness (QED) is 0.696. The molecule has 0 bridgehead atoms. The second-order valence-electron chi connectivity index (χ2n) is 5.36. The van der Waals surface area contributed by atoms with Crippen LogP contribution in [-0.4, -0.2) is 42.2 Å². The number of aliphatic hydroxyl groups excluding tert-OH is 1. The standard InChI is InChI=1S/C12H27NO3/c1-9(14)10(2)16-12(5,8-13)7-11(3,4)15-6/h9-10,14H,7-8,13H2,1-6H3. The normalized spacial score (nSPS) is 20.2. The maximum atomic E-state index is 9.44. The second kappa shape index (κ2) is 5.96. The lowest BCUT2D eigenvalue weighted by Gasteiger charge is -2.38. The van der Waals surface area contributed by atoms with Gasteiger partial charge < -0.3 is 20.3 Å². The van der Waals surface area contributed by atoms with Gasteiger partial charge in [0.1, 0.15) is 0 Å². The van der Waals surface area contributed by atoms with Crippen molar-refractivity contribution < 1.29 is 14.6 Å². The molecule has 0 aliphatic heterocycles. The average molecular weight is 233 g/mol. The van der Waals surface area contributed by atoms with Crippen molar-refractivity contribution in [2.24, 2.45) is 5.73 Å². The lowest BCUT2D eigenvalue weighted by molar-refractivity contribution is -0.142. The van der Waals surface area contributed by atoms with Crippen LogP contribution in [0.15, 0.2) is 0 Å². The molecular formula is C12H27NO3. The molecule has 0 aromatic carbocycles. The molecule has 0 aromatic rings. The van der Waals surface area contributed by atoms with E-state index in [1.165, 1.54) is 0 Å². The Labute approximate surface area is 99.1 Å². The van der Waals surface area contributed by atoms with Crippen molar-refractivity contribution in [1.82, 2.24) is 0 Å². The van der Waals surface area contributed by atoms with Gasteiger partial charge in [-0.05, 0) is 34.6 Å². The molecule has 0 aliphatic carbocycles. The van der Waals surface area contributed by atoms with Gasteiger partial charge in [-0.25, -0.2) is 0 Å². The Bertz CT molecular complexity index is 206. The number of hydrogen-bond acceptors (Lipinski definition) is 4. The van der Waals surface area contributed by atoms with Gasteiger partial charge >= 0.3 is 0 Å². The first kappa shape index (κ1) is 15.8. The predicted molar refractivity (Wildman–Crippen MR) is 65.4 cm³/mol. The Hall–Kier alpha value is -0.160. The zero-order valence-electron chi connectivity index (χ0n) is 11.4. The van der Waals surface area contributed by atoms with Gasteiger partial charge in [0.25, 0.3) is 0 Å². The van der Waals surface area contributed by atoms with E-state index in [2.05, 4.69) is 0 Å². The summed E-state index contributed by atoms with van der Waals surface area (Å²) in [6.45, 7) is 9.90. The molecule has 0 aliphatic rings. The highest BCUT2D eigenvalue weighted by atomic mass is 16.5. The summed E-state index contributed by atoms with van der Waals surface area (Å²) in [6.07, 6.45) is -0.0536. The number of hydrogen-bond donors (Lipinski definition) is 2. The summed E-state index contributed by atoms with van der Waals surface area (Å²) in [6, 6.07) is 0. The molecule has 0 rings (SSSR count). The first-order valence-corrected chi connectivity index (χ1v) is 5.77. The minimum Gasteiger partial charge on any atom is -0.391 e. The smallest absolute Gasteiger partial charge is 0.0811 e. The zero-order valence-corrected chi connectivity index (χ0v) is 11.4. The average Bonchev–Trinajstić information content (AvgIpc) is 2.16. The molecule has 0 radical (unpaired) electrons. The van der Waals surface area contributed by atoms with Crippen LogP contribution >= 0.6 is 0 Å². The molecule has 0 amide bonds. The van der Waals surface area contributed by atoms with Crippen molar-refractivity contribution in [1.29, 1.82) is 0 Å². The summed E-state index contributed by atoms with van der Waals surface area (Å²) < 4.78 is 11.2. The Kier molecular flexibility index (Phi) is 5.90. The van der Waals surface area contributed by atoms with Crippen LogP contribution in [0.5, 0.6) is 0 Å². The van der Waals surface area contributed by atoms with E-state index >= 15 is 0 Å². The first-order chi connectivity index (χ1) is 7.16. The molecule has 0 heterocycles. The Balaban J connectivity index is 4.54. The fraction of sp³-hybridized carbons (Fsp3) is 1.00. The number of aliphatic hydroxyl groups is 1. The predicted octanol–water partition coefficient (Wildman–Crippen LogP) is 1.30. The third kappa shape index (κ3) is 5.25. The molecule has 0 spiro atoms. The molecule has 16 heavy (non-hydrogen) atoms. The molecule has 3 N–H and O–H groups in total. The summed E-state index contributed by atoms with van der Waals surface area (Å²) in [5, 5.41) is 9.44. The highest BCUT2D eigenvalue weighted by molar-refractivity contribution is 4.86. The molecule has 0 saturated carbocycles. The number of ether oxygens (including phenoxy) is 2. The van der Waals surface area contributed by atoms with Gasteiger partial charge in [-0.1, -0.05) is 0 Å². The maximum absolute atomic E-state index is 9.44. The lowest BCUT2D eigenvalue weighted by atomic mass is 9.90. The van der Waals surface area contributed by atoms with Crippen LogP contribution in [-0.2, 0) is 9.47 Å². The van der Waals surface area contributed by atoms with Crippen LogP contribution in [0, 0.1) is 0 Å². The number of methoxy groups -OCH3 is 1. The van der Waals surface area contributed by atoms with Gasteiger partial charge in [-0.2, -0.15) is 0 Å². The summed E-state index contributed by atoms with van der Waals surface area (Å²) in [5.74, 6) is 0. The van der Waals surface area contributed by atoms with Crippen LogP contribution in [0.2, 0.25) is 0 Å². The van der Waals surface area contributed by atoms with E-state index < -0.39 is 11.7 Å². The largest absolute Gasteiger partial charge is 0.391 e. The van der Waals surface area contributed by atoms with Crippen molar-refractivity contribution in [2.75, 3.05) is 13.7 Å². The van der Waals surface area contributed by atoms with E-state index in [1.807, 2.05) is 27.7 Å². The van der Waals surface area contributed by atoms with E-state index in [0.717, 1.165) is 0 Å². The van der Waals surface area contributed by atoms with Crippen molar-refractivity contribution in [3.05, 3.63) is 0 Å². The highest BCUT2D eigenvalue weighted by Gasteiger charge is 2.34. The molecule has 98 valence electrons. The topological polar surface area (TPSA) is 64.7 Å². The van der Waals surface area contributed by atoms with Crippen molar-refractivity contribution >= 4 is 0 Å².